The van der Waals surface area contributed by atoms with Gasteiger partial charge in [0, 0.05) is 26.1 Å². The number of benzene rings is 1. The Hall–Kier alpha value is -2.46. The van der Waals surface area contributed by atoms with E-state index in [9.17, 15) is 8.42 Å². The normalized spacial score (nSPS) is 12.2. The molecule has 2 rings (SSSR count). The Morgan fingerprint density at radius 3 is 2.56 bits per heavy atom. The van der Waals surface area contributed by atoms with Gasteiger partial charge in [-0.05, 0) is 31.7 Å². The first kappa shape index (κ1) is 20.8. The number of aryl methyl sites for hydroxylation is 1. The van der Waals surface area contributed by atoms with Crippen LogP contribution in [0.4, 0.5) is 0 Å². The summed E-state index contributed by atoms with van der Waals surface area (Å²) in [5.41, 5.74) is 0.925. The van der Waals surface area contributed by atoms with Crippen molar-refractivity contribution in [3.63, 3.8) is 0 Å². The monoisotopic (exact) mass is 393 g/mol. The summed E-state index contributed by atoms with van der Waals surface area (Å²) < 4.78 is 27.8. The fourth-order valence-electron chi connectivity index (χ4n) is 2.44. The predicted molar refractivity (Wildman–Crippen MR) is 105 cm³/mol. The Bertz CT molecular complexity index is 844. The second-order valence-corrected chi connectivity index (χ2v) is 7.65. The van der Waals surface area contributed by atoms with Crippen molar-refractivity contribution in [1.29, 1.82) is 0 Å². The second kappa shape index (κ2) is 10.0. The van der Waals surface area contributed by atoms with Gasteiger partial charge in [-0.2, -0.15) is 0 Å². The van der Waals surface area contributed by atoms with Gasteiger partial charge < -0.3 is 15.2 Å². The van der Waals surface area contributed by atoms with Crippen LogP contribution in [0.1, 0.15) is 25.2 Å². The number of hydrogen-bond donors (Lipinski definition) is 3. The van der Waals surface area contributed by atoms with Crippen molar-refractivity contribution in [3.8, 4) is 0 Å². The Balaban J connectivity index is 1.94. The molecule has 1 heterocycles. The molecule has 9 nitrogen and oxygen atoms in total. The van der Waals surface area contributed by atoms with Crippen LogP contribution >= 0.6 is 0 Å². The lowest BCUT2D eigenvalue weighted by Crippen LogP contribution is -2.38. The summed E-state index contributed by atoms with van der Waals surface area (Å²) in [6, 6.07) is 6.69. The number of nitrogens with one attached hydrogen (secondary N) is 3. The van der Waals surface area contributed by atoms with Crippen molar-refractivity contribution >= 4 is 16.0 Å². The van der Waals surface area contributed by atoms with E-state index in [1.165, 1.54) is 7.05 Å². The van der Waals surface area contributed by atoms with E-state index in [-0.39, 0.29) is 4.90 Å². The number of hydrogen-bond acceptors (Lipinski definition) is 5. The summed E-state index contributed by atoms with van der Waals surface area (Å²) in [7, 11) is -2.02. The molecule has 0 saturated carbocycles. The zero-order chi connectivity index (χ0) is 19.7. The maximum atomic E-state index is 11.8. The first-order chi connectivity index (χ1) is 13.0. The van der Waals surface area contributed by atoms with Crippen LogP contribution in [-0.4, -0.2) is 49.3 Å². The highest BCUT2D eigenvalue weighted by Gasteiger charge is 2.10. The molecule has 27 heavy (non-hydrogen) atoms. The molecule has 0 spiro atoms. The van der Waals surface area contributed by atoms with E-state index in [0.29, 0.717) is 19.0 Å². The molecule has 0 aliphatic heterocycles. The van der Waals surface area contributed by atoms with Crippen LogP contribution in [0.15, 0.2) is 40.5 Å². The Morgan fingerprint density at radius 1 is 1.19 bits per heavy atom. The van der Waals surface area contributed by atoms with Gasteiger partial charge >= 0.3 is 0 Å². The number of aliphatic imine (C=N–C) groups is 1. The number of aromatic nitrogens is 3. The highest BCUT2D eigenvalue weighted by molar-refractivity contribution is 7.89. The van der Waals surface area contributed by atoms with Crippen molar-refractivity contribution in [2.45, 2.75) is 38.3 Å². The average molecular weight is 394 g/mol. The molecular formula is C17H27N7O2S. The highest BCUT2D eigenvalue weighted by Crippen LogP contribution is 2.10. The van der Waals surface area contributed by atoms with Crippen LogP contribution in [0.2, 0.25) is 0 Å². The summed E-state index contributed by atoms with van der Waals surface area (Å²) in [5, 5.41) is 14.5. The molecule has 0 bridgehead atoms. The van der Waals surface area contributed by atoms with Crippen molar-refractivity contribution < 1.29 is 8.42 Å². The molecular weight excluding hydrogens is 366 g/mol. The fourth-order valence-corrected chi connectivity index (χ4v) is 3.17. The molecule has 0 radical (unpaired) electrons. The van der Waals surface area contributed by atoms with E-state index in [0.717, 1.165) is 30.9 Å². The molecule has 1 aromatic carbocycles. The summed E-state index contributed by atoms with van der Waals surface area (Å²) in [6.07, 6.45) is 2.57. The molecule has 0 aliphatic rings. The second-order valence-electron chi connectivity index (χ2n) is 5.77. The number of nitrogens with zero attached hydrogens (tertiary/aromatic N) is 4. The molecule has 0 saturated heterocycles. The lowest BCUT2D eigenvalue weighted by atomic mass is 10.2. The molecule has 0 aliphatic carbocycles. The molecule has 3 N–H and O–H groups in total. The summed E-state index contributed by atoms with van der Waals surface area (Å²) in [6.45, 7) is 6.68. The van der Waals surface area contributed by atoms with Crippen LogP contribution in [0.3, 0.4) is 0 Å². The van der Waals surface area contributed by atoms with E-state index in [1.807, 2.05) is 18.4 Å². The lowest BCUT2D eigenvalue weighted by molar-refractivity contribution is 0.588. The number of rotatable bonds is 9. The van der Waals surface area contributed by atoms with Crippen molar-refractivity contribution in [1.82, 2.24) is 30.1 Å². The average Bonchev–Trinajstić information content (AvgIpc) is 3.14. The van der Waals surface area contributed by atoms with E-state index in [1.54, 1.807) is 30.6 Å². The van der Waals surface area contributed by atoms with Crippen LogP contribution < -0.4 is 15.4 Å². The molecule has 0 amide bonds. The van der Waals surface area contributed by atoms with E-state index >= 15 is 0 Å². The minimum absolute atomic E-state index is 0.239. The Kier molecular flexibility index (Phi) is 7.74. The van der Waals surface area contributed by atoms with Gasteiger partial charge in [0.2, 0.25) is 10.0 Å². The van der Waals surface area contributed by atoms with Gasteiger partial charge in [0.25, 0.3) is 0 Å². The molecule has 10 heteroatoms. The third-order valence-electron chi connectivity index (χ3n) is 3.92. The maximum Gasteiger partial charge on any atom is 0.240 e. The minimum Gasteiger partial charge on any atom is -0.357 e. The van der Waals surface area contributed by atoms with Gasteiger partial charge in [-0.15, -0.1) is 10.2 Å². The van der Waals surface area contributed by atoms with E-state index < -0.39 is 10.0 Å². The van der Waals surface area contributed by atoms with Gasteiger partial charge in [-0.25, -0.2) is 18.1 Å². The third-order valence-corrected chi connectivity index (χ3v) is 5.35. The summed E-state index contributed by atoms with van der Waals surface area (Å²) in [5.74, 6) is 1.66. The predicted octanol–water partition coefficient (Wildman–Crippen LogP) is 0.504. The standard InChI is InChI=1S/C17H27N7O2S/c1-4-16-23-22-13-24(16)11-10-20-17(19-5-2)21-12-14-6-8-15(9-7-14)27(25,26)18-3/h6-9,13,18H,4-5,10-12H2,1-3H3,(H2,19,20,21). The van der Waals surface area contributed by atoms with Crippen LogP contribution in [0, 0.1) is 0 Å². The fraction of sp³-hybridized carbons (Fsp3) is 0.471. The Labute approximate surface area is 160 Å². The van der Waals surface area contributed by atoms with Crippen LogP contribution in [-0.2, 0) is 29.5 Å². The molecule has 1 aromatic heterocycles. The molecule has 0 atom stereocenters. The van der Waals surface area contributed by atoms with Gasteiger partial charge in [-0.1, -0.05) is 19.1 Å². The Morgan fingerprint density at radius 2 is 1.93 bits per heavy atom. The summed E-state index contributed by atoms with van der Waals surface area (Å²) >= 11 is 0. The number of sulfonamides is 1. The lowest BCUT2D eigenvalue weighted by Gasteiger charge is -2.12. The zero-order valence-electron chi connectivity index (χ0n) is 15.9. The first-order valence-electron chi connectivity index (χ1n) is 8.91. The molecule has 0 unspecified atom stereocenters. The summed E-state index contributed by atoms with van der Waals surface area (Å²) in [4.78, 5) is 4.79. The van der Waals surface area contributed by atoms with Crippen LogP contribution in [0.5, 0.6) is 0 Å². The van der Waals surface area contributed by atoms with Crippen molar-refractivity contribution in [2.75, 3.05) is 20.1 Å². The van der Waals surface area contributed by atoms with E-state index in [4.69, 9.17) is 0 Å². The van der Waals surface area contributed by atoms with Crippen molar-refractivity contribution in [3.05, 3.63) is 42.0 Å². The van der Waals surface area contributed by atoms with E-state index in [2.05, 4.69) is 30.5 Å². The minimum atomic E-state index is -3.42. The van der Waals surface area contributed by atoms with Gasteiger partial charge in [0.1, 0.15) is 12.2 Å². The molecule has 2 aromatic rings. The SMILES string of the molecule is CCNC(=NCc1ccc(S(=O)(=O)NC)cc1)NCCn1cnnc1CC. The van der Waals surface area contributed by atoms with Gasteiger partial charge in [0.05, 0.1) is 11.4 Å². The first-order valence-corrected chi connectivity index (χ1v) is 10.4. The highest BCUT2D eigenvalue weighted by atomic mass is 32.2. The van der Waals surface area contributed by atoms with Gasteiger partial charge in [0.15, 0.2) is 5.96 Å². The third kappa shape index (κ3) is 6.04. The quantitative estimate of drug-likeness (QED) is 0.422. The van der Waals surface area contributed by atoms with Crippen LogP contribution in [0.25, 0.3) is 0 Å². The molecule has 148 valence electrons. The molecule has 0 fully saturated rings. The largest absolute Gasteiger partial charge is 0.357 e. The zero-order valence-corrected chi connectivity index (χ0v) is 16.8. The van der Waals surface area contributed by atoms with Gasteiger partial charge in [-0.3, -0.25) is 0 Å². The van der Waals surface area contributed by atoms with Crippen molar-refractivity contribution in [2.24, 2.45) is 4.99 Å². The smallest absolute Gasteiger partial charge is 0.240 e. The number of guanidine groups is 1. The topological polar surface area (TPSA) is 113 Å². The maximum absolute atomic E-state index is 11.8.